The standard InChI is InChI=1S/C13H20N4O9/c14-5(3-10(21)22)11(23)16-6(1-2-9(19)20)12(24)17-7(13(25)26)4-8(15)18/h5-7H,1-4,14H2,(H2,15,18)(H,16,23)(H,17,24)(H,19,20)(H,21,22)(H,25,26). The van der Waals surface area contributed by atoms with Crippen molar-refractivity contribution in [1.82, 2.24) is 10.6 Å². The van der Waals surface area contributed by atoms with E-state index in [1.807, 2.05) is 5.32 Å². The molecule has 26 heavy (non-hydrogen) atoms. The summed E-state index contributed by atoms with van der Waals surface area (Å²) in [4.78, 5) is 67.0. The fourth-order valence-electron chi connectivity index (χ4n) is 1.77. The summed E-state index contributed by atoms with van der Waals surface area (Å²) in [7, 11) is 0. The molecule has 0 aromatic rings. The van der Waals surface area contributed by atoms with Gasteiger partial charge in [0, 0.05) is 6.42 Å². The maximum Gasteiger partial charge on any atom is 0.326 e. The Morgan fingerprint density at radius 3 is 1.77 bits per heavy atom. The lowest BCUT2D eigenvalue weighted by Gasteiger charge is -2.21. The Morgan fingerprint density at radius 1 is 0.808 bits per heavy atom. The molecule has 13 heteroatoms. The Balaban J connectivity index is 5.14. The van der Waals surface area contributed by atoms with E-state index >= 15 is 0 Å². The minimum Gasteiger partial charge on any atom is -0.481 e. The molecule has 13 nitrogen and oxygen atoms in total. The topological polar surface area (TPSA) is 239 Å². The van der Waals surface area contributed by atoms with Crippen molar-refractivity contribution >= 4 is 35.6 Å². The summed E-state index contributed by atoms with van der Waals surface area (Å²) in [6.07, 6.45) is -2.44. The first-order valence-electron chi connectivity index (χ1n) is 7.25. The predicted octanol–water partition coefficient (Wildman–Crippen LogP) is -3.42. The highest BCUT2D eigenvalue weighted by Gasteiger charge is 2.29. The summed E-state index contributed by atoms with van der Waals surface area (Å²) in [6, 6.07) is -4.70. The molecule has 0 saturated heterocycles. The highest BCUT2D eigenvalue weighted by Crippen LogP contribution is 2.02. The molecule has 3 atom stereocenters. The minimum atomic E-state index is -1.68. The smallest absolute Gasteiger partial charge is 0.326 e. The largest absolute Gasteiger partial charge is 0.481 e. The molecule has 0 aliphatic rings. The van der Waals surface area contributed by atoms with Crippen LogP contribution in [0.3, 0.4) is 0 Å². The minimum absolute atomic E-state index is 0.421. The monoisotopic (exact) mass is 376 g/mol. The first kappa shape index (κ1) is 22.8. The van der Waals surface area contributed by atoms with E-state index in [9.17, 15) is 28.8 Å². The van der Waals surface area contributed by atoms with E-state index in [2.05, 4.69) is 5.32 Å². The van der Waals surface area contributed by atoms with Gasteiger partial charge in [-0.1, -0.05) is 0 Å². The number of nitrogens with one attached hydrogen (secondary N) is 2. The normalized spacial score (nSPS) is 13.7. The van der Waals surface area contributed by atoms with Crippen molar-refractivity contribution in [2.75, 3.05) is 0 Å². The van der Waals surface area contributed by atoms with Crippen LogP contribution in [-0.4, -0.2) is 69.1 Å². The molecule has 0 radical (unpaired) electrons. The first-order chi connectivity index (χ1) is 11.9. The van der Waals surface area contributed by atoms with Gasteiger partial charge in [0.05, 0.1) is 18.9 Å². The number of carboxylic acid groups (broad SMARTS) is 3. The summed E-state index contributed by atoms with van der Waals surface area (Å²) in [5.41, 5.74) is 10.2. The average Bonchev–Trinajstić information content (AvgIpc) is 2.48. The summed E-state index contributed by atoms with van der Waals surface area (Å²) in [6.45, 7) is 0. The quantitative estimate of drug-likeness (QED) is 0.178. The zero-order chi connectivity index (χ0) is 20.4. The van der Waals surface area contributed by atoms with Crippen LogP contribution in [0.1, 0.15) is 25.7 Å². The van der Waals surface area contributed by atoms with Gasteiger partial charge in [-0.15, -0.1) is 0 Å². The van der Waals surface area contributed by atoms with Gasteiger partial charge < -0.3 is 37.4 Å². The second kappa shape index (κ2) is 10.6. The maximum atomic E-state index is 12.1. The zero-order valence-corrected chi connectivity index (χ0v) is 13.5. The second-order valence-electron chi connectivity index (χ2n) is 5.27. The van der Waals surface area contributed by atoms with Crippen LogP contribution >= 0.6 is 0 Å². The Bertz CT molecular complexity index is 592. The van der Waals surface area contributed by atoms with Crippen molar-refractivity contribution in [3.63, 3.8) is 0 Å². The number of amides is 3. The molecule has 9 N–H and O–H groups in total. The van der Waals surface area contributed by atoms with Crippen LogP contribution in [0.15, 0.2) is 0 Å². The van der Waals surface area contributed by atoms with Crippen molar-refractivity contribution in [1.29, 1.82) is 0 Å². The van der Waals surface area contributed by atoms with Gasteiger partial charge in [0.15, 0.2) is 0 Å². The summed E-state index contributed by atoms with van der Waals surface area (Å²) in [5, 5.41) is 30.3. The van der Waals surface area contributed by atoms with E-state index in [0.29, 0.717) is 0 Å². The Labute approximate surface area is 146 Å². The SMILES string of the molecule is NC(=O)CC(NC(=O)C(CCC(=O)O)NC(=O)C(N)CC(=O)O)C(=O)O. The number of carbonyl (C=O) groups is 6. The molecule has 0 aromatic heterocycles. The number of hydrogen-bond acceptors (Lipinski definition) is 7. The molecular weight excluding hydrogens is 356 g/mol. The van der Waals surface area contributed by atoms with Crippen LogP contribution in [0.2, 0.25) is 0 Å². The molecule has 0 aromatic carbocycles. The van der Waals surface area contributed by atoms with Gasteiger partial charge in [-0.3, -0.25) is 24.0 Å². The van der Waals surface area contributed by atoms with Crippen LogP contribution in [-0.2, 0) is 28.8 Å². The molecule has 0 aliphatic heterocycles. The van der Waals surface area contributed by atoms with Gasteiger partial charge in [0.1, 0.15) is 12.1 Å². The number of carbonyl (C=O) groups excluding carboxylic acids is 3. The van der Waals surface area contributed by atoms with Crippen molar-refractivity contribution in [3.05, 3.63) is 0 Å². The van der Waals surface area contributed by atoms with Gasteiger partial charge in [0.25, 0.3) is 0 Å². The van der Waals surface area contributed by atoms with Gasteiger partial charge >= 0.3 is 17.9 Å². The van der Waals surface area contributed by atoms with Gasteiger partial charge in [0.2, 0.25) is 17.7 Å². The van der Waals surface area contributed by atoms with Crippen molar-refractivity contribution in [2.24, 2.45) is 11.5 Å². The van der Waals surface area contributed by atoms with Crippen LogP contribution in [0.25, 0.3) is 0 Å². The van der Waals surface area contributed by atoms with E-state index in [0.717, 1.165) is 0 Å². The molecule has 146 valence electrons. The van der Waals surface area contributed by atoms with Crippen LogP contribution in [0, 0.1) is 0 Å². The van der Waals surface area contributed by atoms with Crippen LogP contribution in [0.4, 0.5) is 0 Å². The van der Waals surface area contributed by atoms with E-state index in [4.69, 9.17) is 26.8 Å². The van der Waals surface area contributed by atoms with Gasteiger partial charge in [-0.2, -0.15) is 0 Å². The lowest BCUT2D eigenvalue weighted by atomic mass is 10.1. The molecule has 3 unspecified atom stereocenters. The third kappa shape index (κ3) is 9.17. The summed E-state index contributed by atoms with van der Waals surface area (Å²) < 4.78 is 0. The lowest BCUT2D eigenvalue weighted by Crippen LogP contribution is -2.55. The van der Waals surface area contributed by atoms with E-state index in [-0.39, 0.29) is 0 Å². The van der Waals surface area contributed by atoms with Crippen molar-refractivity contribution in [3.8, 4) is 0 Å². The average molecular weight is 376 g/mol. The molecule has 0 aliphatic carbocycles. The number of carboxylic acids is 3. The number of hydrogen-bond donors (Lipinski definition) is 7. The summed E-state index contributed by atoms with van der Waals surface area (Å²) in [5.74, 6) is -7.36. The molecule has 0 heterocycles. The molecule has 0 rings (SSSR count). The van der Waals surface area contributed by atoms with Gasteiger partial charge in [-0.05, 0) is 6.42 Å². The Morgan fingerprint density at radius 2 is 1.35 bits per heavy atom. The molecule has 0 spiro atoms. The third-order valence-electron chi connectivity index (χ3n) is 3.03. The fourth-order valence-corrected chi connectivity index (χ4v) is 1.77. The van der Waals surface area contributed by atoms with E-state index in [1.54, 1.807) is 0 Å². The van der Waals surface area contributed by atoms with Gasteiger partial charge in [-0.25, -0.2) is 4.79 Å². The number of aliphatic carboxylic acids is 3. The highest BCUT2D eigenvalue weighted by molar-refractivity contribution is 5.94. The predicted molar refractivity (Wildman–Crippen MR) is 82.4 cm³/mol. The molecule has 0 saturated carbocycles. The number of nitrogens with two attached hydrogens (primary N) is 2. The van der Waals surface area contributed by atoms with Crippen molar-refractivity contribution < 1.29 is 44.1 Å². The van der Waals surface area contributed by atoms with Crippen LogP contribution in [0.5, 0.6) is 0 Å². The number of primary amides is 1. The molecular formula is C13H20N4O9. The Hall–Kier alpha value is -3.22. The third-order valence-corrected chi connectivity index (χ3v) is 3.03. The maximum absolute atomic E-state index is 12.1. The van der Waals surface area contributed by atoms with E-state index < -0.39 is 79.4 Å². The zero-order valence-electron chi connectivity index (χ0n) is 13.5. The van der Waals surface area contributed by atoms with Crippen molar-refractivity contribution in [2.45, 2.75) is 43.8 Å². The highest BCUT2D eigenvalue weighted by atomic mass is 16.4. The molecule has 0 bridgehead atoms. The fraction of sp³-hybridized carbons (Fsp3) is 0.538. The summed E-state index contributed by atoms with van der Waals surface area (Å²) >= 11 is 0. The molecule has 3 amide bonds. The number of rotatable bonds is 12. The van der Waals surface area contributed by atoms with Crippen LogP contribution < -0.4 is 22.1 Å². The molecule has 0 fully saturated rings. The van der Waals surface area contributed by atoms with E-state index in [1.165, 1.54) is 0 Å². The lowest BCUT2D eigenvalue weighted by molar-refractivity contribution is -0.144. The first-order valence-corrected chi connectivity index (χ1v) is 7.25. The second-order valence-corrected chi connectivity index (χ2v) is 5.27. The Kier molecular flexibility index (Phi) is 9.29.